The predicted molar refractivity (Wildman–Crippen MR) is 128 cm³/mol. The van der Waals surface area contributed by atoms with Gasteiger partial charge in [-0.2, -0.15) is 0 Å². The van der Waals surface area contributed by atoms with Gasteiger partial charge in [-0.1, -0.05) is 60.2 Å². The highest BCUT2D eigenvalue weighted by Crippen LogP contribution is 2.36. The molecule has 0 spiro atoms. The number of fused-ring (bicyclic) bond motifs is 5. The second-order valence-electron chi connectivity index (χ2n) is 8.18. The van der Waals surface area contributed by atoms with Crippen molar-refractivity contribution in [3.63, 3.8) is 0 Å². The van der Waals surface area contributed by atoms with E-state index in [0.29, 0.717) is 11.1 Å². The first-order valence-electron chi connectivity index (χ1n) is 10.4. The molecule has 0 amide bonds. The van der Waals surface area contributed by atoms with Gasteiger partial charge in [0.25, 0.3) is 0 Å². The molecule has 0 saturated carbocycles. The van der Waals surface area contributed by atoms with Crippen LogP contribution in [0.3, 0.4) is 0 Å². The minimum Gasteiger partial charge on any atom is -0.343 e. The molecule has 0 radical (unpaired) electrons. The maximum atomic E-state index is 13.8. The van der Waals surface area contributed by atoms with Crippen LogP contribution in [0.15, 0.2) is 84.9 Å². The number of aromatic nitrogens is 2. The average molecular weight is 400 g/mol. The van der Waals surface area contributed by atoms with Crippen LogP contribution in [0.5, 0.6) is 0 Å². The quantitative estimate of drug-likeness (QED) is 0.243. The number of carbonyl (C=O) groups is 1. The van der Waals surface area contributed by atoms with Crippen molar-refractivity contribution in [2.45, 2.75) is 6.92 Å². The lowest BCUT2D eigenvalue weighted by atomic mass is 9.96. The number of aryl methyl sites for hydroxylation is 2. The molecule has 0 atom stereocenters. The molecule has 4 aromatic carbocycles. The van der Waals surface area contributed by atoms with Crippen molar-refractivity contribution in [3.8, 4) is 0 Å². The Morgan fingerprint density at radius 2 is 1.58 bits per heavy atom. The molecule has 31 heavy (non-hydrogen) atoms. The number of benzene rings is 4. The monoisotopic (exact) mass is 400 g/mol. The first-order chi connectivity index (χ1) is 15.1. The van der Waals surface area contributed by atoms with Crippen molar-refractivity contribution >= 4 is 49.4 Å². The first kappa shape index (κ1) is 17.8. The Kier molecular flexibility index (Phi) is 3.75. The molecular formula is C28H20N2O. The molecular weight excluding hydrogens is 380 g/mol. The predicted octanol–water partition coefficient (Wildman–Crippen LogP) is 6.57. The van der Waals surface area contributed by atoms with Gasteiger partial charge in [-0.3, -0.25) is 4.79 Å². The lowest BCUT2D eigenvalue weighted by Gasteiger charge is -2.11. The topological polar surface area (TPSA) is 34.9 Å². The fourth-order valence-electron chi connectivity index (χ4n) is 4.71. The van der Waals surface area contributed by atoms with Gasteiger partial charge in [0.1, 0.15) is 0 Å². The van der Waals surface area contributed by atoms with E-state index in [1.54, 1.807) is 0 Å². The van der Waals surface area contributed by atoms with Crippen LogP contribution in [0.2, 0.25) is 0 Å². The highest BCUT2D eigenvalue weighted by molar-refractivity contribution is 6.27. The first-order valence-corrected chi connectivity index (χ1v) is 10.4. The summed E-state index contributed by atoms with van der Waals surface area (Å²) in [4.78, 5) is 18.8. The maximum Gasteiger partial charge on any atom is 0.197 e. The smallest absolute Gasteiger partial charge is 0.197 e. The molecule has 2 aromatic heterocycles. The minimum atomic E-state index is 0.000989. The highest BCUT2D eigenvalue weighted by Gasteiger charge is 2.22. The molecule has 6 rings (SSSR count). The molecule has 3 heteroatoms. The van der Waals surface area contributed by atoms with Gasteiger partial charge in [-0.15, -0.1) is 0 Å². The van der Waals surface area contributed by atoms with Crippen molar-refractivity contribution < 1.29 is 4.79 Å². The Balaban J connectivity index is 1.84. The number of nitrogens with zero attached hydrogens (tertiary/aromatic N) is 2. The highest BCUT2D eigenvalue weighted by atomic mass is 16.1. The van der Waals surface area contributed by atoms with Crippen LogP contribution in [-0.4, -0.2) is 15.3 Å². The van der Waals surface area contributed by atoms with Gasteiger partial charge in [0, 0.05) is 39.7 Å². The van der Waals surface area contributed by atoms with Crippen molar-refractivity contribution in [1.29, 1.82) is 0 Å². The lowest BCUT2D eigenvalue weighted by molar-refractivity contribution is 0.104. The Hall–Kier alpha value is -3.98. The Morgan fingerprint density at radius 1 is 0.806 bits per heavy atom. The number of rotatable bonds is 2. The number of ketones is 1. The lowest BCUT2D eigenvalue weighted by Crippen LogP contribution is -2.06. The molecule has 3 nitrogen and oxygen atoms in total. The molecule has 0 N–H and O–H groups in total. The van der Waals surface area contributed by atoms with Crippen molar-refractivity contribution in [3.05, 3.63) is 102 Å². The van der Waals surface area contributed by atoms with Crippen LogP contribution in [0, 0.1) is 6.92 Å². The molecule has 0 saturated heterocycles. The van der Waals surface area contributed by atoms with Crippen molar-refractivity contribution in [2.24, 2.45) is 7.05 Å². The van der Waals surface area contributed by atoms with E-state index in [-0.39, 0.29) is 5.78 Å². The SMILES string of the molecule is Cc1ccc2nc3c(C(=O)c4ccccc4)c4c(cc3cc2c1)c1ccccc1n4C. The largest absolute Gasteiger partial charge is 0.343 e. The van der Waals surface area contributed by atoms with Gasteiger partial charge >= 0.3 is 0 Å². The molecule has 0 unspecified atom stereocenters. The summed E-state index contributed by atoms with van der Waals surface area (Å²) < 4.78 is 2.13. The summed E-state index contributed by atoms with van der Waals surface area (Å²) in [5, 5.41) is 4.30. The van der Waals surface area contributed by atoms with Gasteiger partial charge < -0.3 is 4.57 Å². The third-order valence-corrected chi connectivity index (χ3v) is 6.18. The van der Waals surface area contributed by atoms with E-state index in [2.05, 4.69) is 47.9 Å². The number of hydrogen-bond donors (Lipinski definition) is 0. The molecule has 0 bridgehead atoms. The molecule has 0 aliphatic heterocycles. The van der Waals surface area contributed by atoms with Crippen LogP contribution in [0.1, 0.15) is 21.5 Å². The van der Waals surface area contributed by atoms with E-state index in [1.807, 2.05) is 55.6 Å². The molecule has 148 valence electrons. The number of pyridine rings is 1. The summed E-state index contributed by atoms with van der Waals surface area (Å²) in [6.45, 7) is 2.09. The van der Waals surface area contributed by atoms with Gasteiger partial charge in [-0.05, 0) is 37.3 Å². The van der Waals surface area contributed by atoms with E-state index in [4.69, 9.17) is 4.98 Å². The molecule has 0 aliphatic carbocycles. The van der Waals surface area contributed by atoms with Crippen LogP contribution in [0.25, 0.3) is 43.6 Å². The molecule has 0 aliphatic rings. The zero-order valence-corrected chi connectivity index (χ0v) is 17.4. The summed E-state index contributed by atoms with van der Waals surface area (Å²) in [7, 11) is 2.03. The number of carbonyl (C=O) groups excluding carboxylic acids is 1. The van der Waals surface area contributed by atoms with Gasteiger partial charge in [-0.25, -0.2) is 4.98 Å². The van der Waals surface area contributed by atoms with E-state index >= 15 is 0 Å². The van der Waals surface area contributed by atoms with Gasteiger partial charge in [0.15, 0.2) is 5.78 Å². The summed E-state index contributed by atoms with van der Waals surface area (Å²) in [5.41, 5.74) is 6.23. The van der Waals surface area contributed by atoms with E-state index in [9.17, 15) is 4.79 Å². The van der Waals surface area contributed by atoms with E-state index in [0.717, 1.165) is 43.6 Å². The number of hydrogen-bond acceptors (Lipinski definition) is 2. The van der Waals surface area contributed by atoms with Crippen LogP contribution < -0.4 is 0 Å². The van der Waals surface area contributed by atoms with E-state index < -0.39 is 0 Å². The average Bonchev–Trinajstić information content (AvgIpc) is 3.08. The summed E-state index contributed by atoms with van der Waals surface area (Å²) in [6.07, 6.45) is 0. The molecule has 6 aromatic rings. The fourth-order valence-corrected chi connectivity index (χ4v) is 4.71. The van der Waals surface area contributed by atoms with Crippen LogP contribution >= 0.6 is 0 Å². The third-order valence-electron chi connectivity index (χ3n) is 6.18. The zero-order valence-electron chi connectivity index (χ0n) is 17.4. The van der Waals surface area contributed by atoms with Crippen LogP contribution in [0.4, 0.5) is 0 Å². The standard InChI is InChI=1S/C28H20N2O/c1-17-12-13-23-19(14-17)15-20-16-22-21-10-6-7-11-24(21)30(2)27(22)25(26(20)29-23)28(31)18-8-4-3-5-9-18/h3-16H,1-2H3. The second-order valence-corrected chi connectivity index (χ2v) is 8.18. The third kappa shape index (κ3) is 2.60. The maximum absolute atomic E-state index is 13.8. The Bertz CT molecular complexity index is 1660. The van der Waals surface area contributed by atoms with E-state index in [1.165, 1.54) is 5.56 Å². The van der Waals surface area contributed by atoms with Crippen molar-refractivity contribution in [2.75, 3.05) is 0 Å². The minimum absolute atomic E-state index is 0.000989. The van der Waals surface area contributed by atoms with Crippen molar-refractivity contribution in [1.82, 2.24) is 9.55 Å². The summed E-state index contributed by atoms with van der Waals surface area (Å²) >= 11 is 0. The molecule has 0 fully saturated rings. The number of para-hydroxylation sites is 1. The zero-order chi connectivity index (χ0) is 21.1. The van der Waals surface area contributed by atoms with Gasteiger partial charge in [0.05, 0.1) is 22.1 Å². The van der Waals surface area contributed by atoms with Gasteiger partial charge in [0.2, 0.25) is 0 Å². The Morgan fingerprint density at radius 3 is 2.42 bits per heavy atom. The normalized spacial score (nSPS) is 11.7. The summed E-state index contributed by atoms with van der Waals surface area (Å²) in [5.74, 6) is 0.000989. The Labute approximate surface area is 179 Å². The van der Waals surface area contributed by atoms with Crippen LogP contribution in [-0.2, 0) is 7.05 Å². The fraction of sp³-hybridized carbons (Fsp3) is 0.0714. The molecule has 2 heterocycles. The second kappa shape index (κ2) is 6.51. The summed E-state index contributed by atoms with van der Waals surface area (Å²) in [6, 6.07) is 28.4.